The number of carbonyl (C=O) groups is 2. The molecule has 32 heavy (non-hydrogen) atoms. The minimum atomic E-state index is -1.24. The van der Waals surface area contributed by atoms with Gasteiger partial charge < -0.3 is 15.0 Å². The summed E-state index contributed by atoms with van der Waals surface area (Å²) in [6, 6.07) is 0. The van der Waals surface area contributed by atoms with Crippen LogP contribution in [-0.2, 0) is 9.59 Å². The Morgan fingerprint density at radius 2 is 1.88 bits per heavy atom. The number of aldehydes is 1. The maximum atomic E-state index is 13.4. The maximum absolute atomic E-state index is 13.4. The van der Waals surface area contributed by atoms with Crippen LogP contribution in [-0.4, -0.2) is 28.6 Å². The van der Waals surface area contributed by atoms with Gasteiger partial charge in [0.25, 0.3) is 0 Å². The molecule has 0 spiro atoms. The Labute approximate surface area is 193 Å². The highest BCUT2D eigenvalue weighted by Crippen LogP contribution is 2.83. The molecule has 5 aliphatic carbocycles. The van der Waals surface area contributed by atoms with Crippen molar-refractivity contribution in [3.63, 3.8) is 0 Å². The average molecular weight is 443 g/mol. The average Bonchev–Trinajstić information content (AvgIpc) is 3.36. The minimum absolute atomic E-state index is 0.000329. The third-order valence-corrected chi connectivity index (χ3v) is 11.2. The normalized spacial score (nSPS) is 46.2. The summed E-state index contributed by atoms with van der Waals surface area (Å²) in [7, 11) is 0. The van der Waals surface area contributed by atoms with Crippen LogP contribution >= 0.6 is 0 Å². The molecule has 0 heterocycles. The SMILES string of the molecule is CC(C)C1=CC2CC3(C=O)[C@@H]4CC[C@@H](C)[C@H]4CC2(C(O)CCC2CCCCC2)C13C(=O)O. The number of carbonyl (C=O) groups excluding carboxylic acids is 1. The van der Waals surface area contributed by atoms with Gasteiger partial charge in [-0.1, -0.05) is 70.9 Å². The molecular weight excluding hydrogens is 400 g/mol. The molecule has 8 atom stereocenters. The topological polar surface area (TPSA) is 74.6 Å². The first kappa shape index (κ1) is 22.6. The van der Waals surface area contributed by atoms with Crippen molar-refractivity contribution in [2.75, 3.05) is 0 Å². The van der Waals surface area contributed by atoms with E-state index < -0.39 is 28.3 Å². The molecule has 4 heteroatoms. The fourth-order valence-corrected chi connectivity index (χ4v) is 10.0. The van der Waals surface area contributed by atoms with Gasteiger partial charge in [0.05, 0.1) is 11.5 Å². The molecule has 4 fully saturated rings. The number of rotatable bonds is 7. The fraction of sp³-hybridized carbons (Fsp3) is 0.857. The van der Waals surface area contributed by atoms with Crippen LogP contribution in [0.25, 0.3) is 0 Å². The highest BCUT2D eigenvalue weighted by atomic mass is 16.4. The van der Waals surface area contributed by atoms with Crippen LogP contribution in [0.2, 0.25) is 0 Å². The molecule has 4 saturated carbocycles. The predicted octanol–water partition coefficient (Wildman–Crippen LogP) is 5.63. The number of aliphatic hydroxyl groups excluding tert-OH is 1. The first-order valence-electron chi connectivity index (χ1n) is 13.4. The zero-order chi connectivity index (χ0) is 22.9. The van der Waals surface area contributed by atoms with Gasteiger partial charge in [-0.2, -0.15) is 0 Å². The van der Waals surface area contributed by atoms with Gasteiger partial charge in [0.15, 0.2) is 0 Å². The van der Waals surface area contributed by atoms with Crippen molar-refractivity contribution in [3.05, 3.63) is 11.6 Å². The number of aliphatic carboxylic acids is 1. The zero-order valence-electron chi connectivity index (χ0n) is 20.2. The minimum Gasteiger partial charge on any atom is -0.481 e. The highest BCUT2D eigenvalue weighted by molar-refractivity contribution is 5.90. The first-order valence-corrected chi connectivity index (χ1v) is 13.4. The molecule has 0 aromatic carbocycles. The summed E-state index contributed by atoms with van der Waals surface area (Å²) in [5.41, 5.74) is -1.90. The van der Waals surface area contributed by atoms with Crippen LogP contribution in [0.15, 0.2) is 11.6 Å². The Morgan fingerprint density at radius 3 is 2.50 bits per heavy atom. The molecule has 0 aliphatic heterocycles. The van der Waals surface area contributed by atoms with Crippen molar-refractivity contribution in [1.29, 1.82) is 0 Å². The molecule has 178 valence electrons. The molecule has 5 rings (SSSR count). The molecule has 5 unspecified atom stereocenters. The Morgan fingerprint density at radius 1 is 1.16 bits per heavy atom. The summed E-state index contributed by atoms with van der Waals surface area (Å²) in [6.45, 7) is 6.42. The maximum Gasteiger partial charge on any atom is 0.315 e. The highest BCUT2D eigenvalue weighted by Gasteiger charge is 2.85. The number of hydrogen-bond donors (Lipinski definition) is 2. The van der Waals surface area contributed by atoms with E-state index in [9.17, 15) is 19.8 Å². The lowest BCUT2D eigenvalue weighted by molar-refractivity contribution is -0.194. The summed E-state index contributed by atoms with van der Waals surface area (Å²) >= 11 is 0. The number of allylic oxidation sites excluding steroid dienone is 1. The van der Waals surface area contributed by atoms with Gasteiger partial charge in [0.2, 0.25) is 0 Å². The van der Waals surface area contributed by atoms with Gasteiger partial charge in [-0.25, -0.2) is 0 Å². The summed E-state index contributed by atoms with van der Waals surface area (Å²) in [5, 5.41) is 23.0. The monoisotopic (exact) mass is 442 g/mol. The quantitative estimate of drug-likeness (QED) is 0.396. The van der Waals surface area contributed by atoms with Crippen LogP contribution in [0, 0.1) is 51.8 Å². The summed E-state index contributed by atoms with van der Waals surface area (Å²) in [6.07, 6.45) is 14.0. The van der Waals surface area contributed by atoms with Crippen LogP contribution < -0.4 is 0 Å². The number of hydrogen-bond acceptors (Lipinski definition) is 3. The van der Waals surface area contributed by atoms with Crippen LogP contribution in [0.3, 0.4) is 0 Å². The molecule has 5 aliphatic rings. The molecule has 4 nitrogen and oxygen atoms in total. The van der Waals surface area contributed by atoms with E-state index in [1.807, 2.05) is 0 Å². The standard InChI is InChI=1S/C28H42O4/c1-17(2)23-13-20-14-26(16-29)22-11-9-18(3)21(22)15-27(20,28(23,26)25(31)32)24(30)12-10-19-7-5-4-6-8-19/h13,16-22,24,30H,4-12,14-15H2,1-3H3,(H,31,32)/t18-,20?,21-,22-,24?,26?,27?,28?/m1/s1. The Hall–Kier alpha value is -1.16. The summed E-state index contributed by atoms with van der Waals surface area (Å²) in [4.78, 5) is 26.5. The molecule has 0 radical (unpaired) electrons. The van der Waals surface area contributed by atoms with Gasteiger partial charge in [0.1, 0.15) is 11.7 Å². The third kappa shape index (κ3) is 2.54. The van der Waals surface area contributed by atoms with E-state index in [4.69, 9.17) is 0 Å². The van der Waals surface area contributed by atoms with Gasteiger partial charge in [-0.3, -0.25) is 4.79 Å². The summed E-state index contributed by atoms with van der Waals surface area (Å²) in [5.74, 6) is 0.856. The number of carboxylic acids is 1. The molecule has 0 amide bonds. The summed E-state index contributed by atoms with van der Waals surface area (Å²) < 4.78 is 0. The Bertz CT molecular complexity index is 810. The first-order chi connectivity index (χ1) is 15.3. The molecule has 0 aromatic rings. The zero-order valence-corrected chi connectivity index (χ0v) is 20.2. The lowest BCUT2D eigenvalue weighted by atomic mass is 9.41. The fourth-order valence-electron chi connectivity index (χ4n) is 10.0. The van der Waals surface area contributed by atoms with E-state index >= 15 is 0 Å². The van der Waals surface area contributed by atoms with Gasteiger partial charge in [0, 0.05) is 5.41 Å². The molecule has 0 saturated heterocycles. The van der Waals surface area contributed by atoms with E-state index in [0.29, 0.717) is 30.6 Å². The second-order valence-corrected chi connectivity index (χ2v) is 12.5. The predicted molar refractivity (Wildman–Crippen MR) is 124 cm³/mol. The van der Waals surface area contributed by atoms with Gasteiger partial charge in [-0.15, -0.1) is 0 Å². The van der Waals surface area contributed by atoms with E-state index in [2.05, 4.69) is 26.8 Å². The van der Waals surface area contributed by atoms with Crippen LogP contribution in [0.4, 0.5) is 0 Å². The van der Waals surface area contributed by atoms with Crippen molar-refractivity contribution >= 4 is 12.3 Å². The van der Waals surface area contributed by atoms with Crippen molar-refractivity contribution in [1.82, 2.24) is 0 Å². The van der Waals surface area contributed by atoms with E-state index in [1.54, 1.807) is 0 Å². The van der Waals surface area contributed by atoms with E-state index in [0.717, 1.165) is 37.5 Å². The van der Waals surface area contributed by atoms with Crippen molar-refractivity contribution < 1.29 is 19.8 Å². The Balaban J connectivity index is 1.61. The second kappa shape index (κ2) is 7.68. The van der Waals surface area contributed by atoms with Gasteiger partial charge in [-0.05, 0) is 67.6 Å². The molecule has 4 bridgehead atoms. The van der Waals surface area contributed by atoms with Crippen molar-refractivity contribution in [2.45, 2.75) is 97.5 Å². The van der Waals surface area contributed by atoms with E-state index in [1.165, 1.54) is 32.1 Å². The van der Waals surface area contributed by atoms with Crippen molar-refractivity contribution in [3.8, 4) is 0 Å². The molecule has 2 N–H and O–H groups in total. The van der Waals surface area contributed by atoms with Crippen LogP contribution in [0.5, 0.6) is 0 Å². The second-order valence-electron chi connectivity index (χ2n) is 12.5. The number of aliphatic hydroxyl groups is 1. The largest absolute Gasteiger partial charge is 0.481 e. The smallest absolute Gasteiger partial charge is 0.315 e. The third-order valence-electron chi connectivity index (χ3n) is 11.2. The number of fused-ring (bicyclic) bond motifs is 2. The number of carboxylic acid groups (broad SMARTS) is 1. The molecular formula is C28H42O4. The lowest BCUT2D eigenvalue weighted by Crippen LogP contribution is -2.65. The lowest BCUT2D eigenvalue weighted by Gasteiger charge is -2.59. The van der Waals surface area contributed by atoms with Crippen LogP contribution in [0.1, 0.15) is 91.4 Å². The van der Waals surface area contributed by atoms with E-state index in [-0.39, 0.29) is 17.8 Å². The van der Waals surface area contributed by atoms with Crippen molar-refractivity contribution in [2.24, 2.45) is 51.8 Å². The molecule has 0 aromatic heterocycles. The Kier molecular flexibility index (Phi) is 5.43. The van der Waals surface area contributed by atoms with Gasteiger partial charge >= 0.3 is 5.97 Å².